The molecule has 90 valence electrons. The standard InChI is InChI=1S/C11H16BrNO3/c1-6-8(5-16-13)11(15-4)10(14-3)7(2)9(6)12/h5,13H2,1-4H3. The van der Waals surface area contributed by atoms with E-state index in [4.69, 9.17) is 15.4 Å². The van der Waals surface area contributed by atoms with Crippen LogP contribution in [0, 0.1) is 13.8 Å². The van der Waals surface area contributed by atoms with Gasteiger partial charge in [0.2, 0.25) is 0 Å². The van der Waals surface area contributed by atoms with Crippen LogP contribution < -0.4 is 15.4 Å². The number of rotatable bonds is 4. The van der Waals surface area contributed by atoms with E-state index in [9.17, 15) is 0 Å². The molecule has 0 spiro atoms. The van der Waals surface area contributed by atoms with E-state index in [2.05, 4.69) is 20.8 Å². The largest absolute Gasteiger partial charge is 0.493 e. The summed E-state index contributed by atoms with van der Waals surface area (Å²) in [6.07, 6.45) is 0. The van der Waals surface area contributed by atoms with E-state index in [0.717, 1.165) is 21.2 Å². The van der Waals surface area contributed by atoms with Gasteiger partial charge >= 0.3 is 0 Å². The van der Waals surface area contributed by atoms with Crippen LogP contribution in [0.4, 0.5) is 0 Å². The summed E-state index contributed by atoms with van der Waals surface area (Å²) in [6, 6.07) is 0. The van der Waals surface area contributed by atoms with Crippen molar-refractivity contribution in [1.29, 1.82) is 0 Å². The van der Waals surface area contributed by atoms with Crippen molar-refractivity contribution in [3.63, 3.8) is 0 Å². The Bertz CT molecular complexity index is 394. The Morgan fingerprint density at radius 3 is 2.06 bits per heavy atom. The molecule has 0 aliphatic rings. The third kappa shape index (κ3) is 2.16. The molecule has 0 saturated carbocycles. The van der Waals surface area contributed by atoms with E-state index >= 15 is 0 Å². The second-order valence-electron chi connectivity index (χ2n) is 3.42. The van der Waals surface area contributed by atoms with Crippen molar-refractivity contribution in [3.05, 3.63) is 21.2 Å². The minimum Gasteiger partial charge on any atom is -0.493 e. The van der Waals surface area contributed by atoms with Crippen LogP contribution in [0.2, 0.25) is 0 Å². The summed E-state index contributed by atoms with van der Waals surface area (Å²) >= 11 is 3.52. The summed E-state index contributed by atoms with van der Waals surface area (Å²) in [5, 5.41) is 0. The molecule has 0 aliphatic carbocycles. The van der Waals surface area contributed by atoms with Crippen LogP contribution in [0.25, 0.3) is 0 Å². The van der Waals surface area contributed by atoms with Crippen molar-refractivity contribution in [1.82, 2.24) is 0 Å². The summed E-state index contributed by atoms with van der Waals surface area (Å²) in [5.41, 5.74) is 2.93. The maximum absolute atomic E-state index is 5.36. The van der Waals surface area contributed by atoms with E-state index < -0.39 is 0 Å². The summed E-state index contributed by atoms with van der Waals surface area (Å²) in [4.78, 5) is 4.69. The highest BCUT2D eigenvalue weighted by atomic mass is 79.9. The van der Waals surface area contributed by atoms with Crippen molar-refractivity contribution in [2.24, 2.45) is 5.90 Å². The fourth-order valence-corrected chi connectivity index (χ4v) is 2.13. The lowest BCUT2D eigenvalue weighted by molar-refractivity contribution is 0.121. The van der Waals surface area contributed by atoms with Gasteiger partial charge in [-0.2, -0.15) is 0 Å². The molecule has 1 aromatic carbocycles. The lowest BCUT2D eigenvalue weighted by Gasteiger charge is -2.18. The predicted molar refractivity (Wildman–Crippen MR) is 65.7 cm³/mol. The second kappa shape index (κ2) is 5.52. The average molecular weight is 290 g/mol. The Morgan fingerprint density at radius 1 is 1.06 bits per heavy atom. The molecule has 0 unspecified atom stereocenters. The number of hydrogen-bond donors (Lipinski definition) is 1. The van der Waals surface area contributed by atoms with E-state index in [1.165, 1.54) is 0 Å². The highest BCUT2D eigenvalue weighted by molar-refractivity contribution is 9.10. The van der Waals surface area contributed by atoms with E-state index in [1.807, 2.05) is 13.8 Å². The molecule has 0 aliphatic heterocycles. The SMILES string of the molecule is COc1c(C)c(Br)c(C)c(CON)c1OC. The first-order valence-electron chi connectivity index (χ1n) is 4.79. The minimum absolute atomic E-state index is 0.282. The van der Waals surface area contributed by atoms with Crippen molar-refractivity contribution in [2.75, 3.05) is 14.2 Å². The zero-order chi connectivity index (χ0) is 12.3. The number of nitrogens with two attached hydrogens (primary N) is 1. The summed E-state index contributed by atoms with van der Waals surface area (Å²) in [6.45, 7) is 4.23. The molecule has 1 aromatic rings. The smallest absolute Gasteiger partial charge is 0.166 e. The summed E-state index contributed by atoms with van der Waals surface area (Å²) < 4.78 is 11.7. The average Bonchev–Trinajstić information content (AvgIpc) is 2.29. The normalized spacial score (nSPS) is 10.4. The van der Waals surface area contributed by atoms with Gasteiger partial charge in [-0.05, 0) is 19.4 Å². The summed E-state index contributed by atoms with van der Waals surface area (Å²) in [5.74, 6) is 6.49. The molecule has 1 rings (SSSR count). The van der Waals surface area contributed by atoms with Crippen LogP contribution in [0.1, 0.15) is 16.7 Å². The van der Waals surface area contributed by atoms with Crippen LogP contribution in [0.3, 0.4) is 0 Å². The van der Waals surface area contributed by atoms with Crippen LogP contribution in [0.15, 0.2) is 4.47 Å². The Kier molecular flexibility index (Phi) is 4.58. The van der Waals surface area contributed by atoms with Crippen molar-refractivity contribution < 1.29 is 14.3 Å². The first-order valence-corrected chi connectivity index (χ1v) is 5.58. The lowest BCUT2D eigenvalue weighted by Crippen LogP contribution is -2.06. The second-order valence-corrected chi connectivity index (χ2v) is 4.21. The predicted octanol–water partition coefficient (Wildman–Crippen LogP) is 2.47. The lowest BCUT2D eigenvalue weighted by atomic mass is 10.0. The van der Waals surface area contributed by atoms with Crippen molar-refractivity contribution in [2.45, 2.75) is 20.5 Å². The molecule has 0 bridgehead atoms. The van der Waals surface area contributed by atoms with Crippen LogP contribution >= 0.6 is 15.9 Å². The van der Waals surface area contributed by atoms with Gasteiger partial charge in [0.15, 0.2) is 11.5 Å². The highest BCUT2D eigenvalue weighted by Crippen LogP contribution is 2.41. The fourth-order valence-electron chi connectivity index (χ4n) is 1.71. The van der Waals surface area contributed by atoms with Gasteiger partial charge in [0, 0.05) is 15.6 Å². The number of hydrogen-bond acceptors (Lipinski definition) is 4. The molecule has 5 heteroatoms. The Labute approximate surface area is 104 Å². The van der Waals surface area contributed by atoms with E-state index in [0.29, 0.717) is 11.5 Å². The molecule has 0 radical (unpaired) electrons. The van der Waals surface area contributed by atoms with Gasteiger partial charge in [-0.1, -0.05) is 15.9 Å². The Morgan fingerprint density at radius 2 is 1.62 bits per heavy atom. The monoisotopic (exact) mass is 289 g/mol. The number of methoxy groups -OCH3 is 2. The van der Waals surface area contributed by atoms with Gasteiger partial charge in [-0.15, -0.1) is 0 Å². The first-order chi connectivity index (χ1) is 7.58. The van der Waals surface area contributed by atoms with Crippen LogP contribution in [0.5, 0.6) is 11.5 Å². The number of halogens is 1. The third-order valence-electron chi connectivity index (χ3n) is 2.57. The van der Waals surface area contributed by atoms with Gasteiger partial charge in [0.1, 0.15) is 0 Å². The van der Waals surface area contributed by atoms with E-state index in [1.54, 1.807) is 14.2 Å². The van der Waals surface area contributed by atoms with Crippen LogP contribution in [-0.4, -0.2) is 14.2 Å². The molecule has 4 nitrogen and oxygen atoms in total. The molecule has 2 N–H and O–H groups in total. The van der Waals surface area contributed by atoms with Crippen molar-refractivity contribution in [3.8, 4) is 11.5 Å². The highest BCUT2D eigenvalue weighted by Gasteiger charge is 2.19. The zero-order valence-corrected chi connectivity index (χ0v) is 11.5. The molecule has 0 atom stereocenters. The molecular weight excluding hydrogens is 274 g/mol. The fraction of sp³-hybridized carbons (Fsp3) is 0.455. The Hall–Kier alpha value is -0.780. The molecule has 0 fully saturated rings. The molecule has 0 amide bonds. The van der Waals surface area contributed by atoms with Gasteiger partial charge in [0.05, 0.1) is 20.8 Å². The van der Waals surface area contributed by atoms with Gasteiger partial charge in [-0.25, -0.2) is 5.90 Å². The minimum atomic E-state index is 0.282. The molecule has 0 saturated heterocycles. The number of ether oxygens (including phenoxy) is 2. The van der Waals surface area contributed by atoms with Gasteiger partial charge in [-0.3, -0.25) is 4.84 Å². The maximum Gasteiger partial charge on any atom is 0.166 e. The molecule has 0 heterocycles. The van der Waals surface area contributed by atoms with Gasteiger partial charge < -0.3 is 9.47 Å². The molecule has 16 heavy (non-hydrogen) atoms. The number of benzene rings is 1. The quantitative estimate of drug-likeness (QED) is 0.866. The Balaban J connectivity index is 3.51. The molecular formula is C11H16BrNO3. The van der Waals surface area contributed by atoms with Crippen molar-refractivity contribution >= 4 is 15.9 Å². The first kappa shape index (κ1) is 13.3. The summed E-state index contributed by atoms with van der Waals surface area (Å²) in [7, 11) is 3.21. The molecule has 0 aromatic heterocycles. The third-order valence-corrected chi connectivity index (χ3v) is 3.76. The van der Waals surface area contributed by atoms with E-state index in [-0.39, 0.29) is 6.61 Å². The van der Waals surface area contributed by atoms with Crippen LogP contribution in [-0.2, 0) is 11.4 Å². The topological polar surface area (TPSA) is 53.7 Å². The zero-order valence-electron chi connectivity index (χ0n) is 9.89. The van der Waals surface area contributed by atoms with Gasteiger partial charge in [0.25, 0.3) is 0 Å². The maximum atomic E-state index is 5.36.